The molecular weight excluding hydrogens is 442 g/mol. The molecule has 4 heterocycles. The Labute approximate surface area is 203 Å². The summed E-state index contributed by atoms with van der Waals surface area (Å²) in [7, 11) is 0. The number of rotatable bonds is 4. The van der Waals surface area contributed by atoms with Crippen LogP contribution in [0.2, 0.25) is 0 Å². The highest BCUT2D eigenvalue weighted by molar-refractivity contribution is 6.04. The molecule has 1 fully saturated rings. The van der Waals surface area contributed by atoms with E-state index in [0.717, 1.165) is 24.2 Å². The number of amidine groups is 2. The molecule has 176 valence electrons. The molecule has 9 heteroatoms. The third kappa shape index (κ3) is 4.26. The van der Waals surface area contributed by atoms with Crippen molar-refractivity contribution in [3.63, 3.8) is 0 Å². The molecular formula is C26H25N7O2. The van der Waals surface area contributed by atoms with Gasteiger partial charge in [-0.05, 0) is 55.5 Å². The Hall–Kier alpha value is -4.45. The monoisotopic (exact) mass is 467 g/mol. The predicted octanol–water partition coefficient (Wildman–Crippen LogP) is 2.31. The SMILES string of the molecule is CC#CC(=O)N1CCC[C@H]1C1=NC(c2ccc(C(=O)Nc3ccccn3)cc2)C2C(N)=NC=CN12. The minimum absolute atomic E-state index is 0.171. The molecule has 5 rings (SSSR count). The first kappa shape index (κ1) is 22.3. The van der Waals surface area contributed by atoms with Gasteiger partial charge < -0.3 is 20.9 Å². The van der Waals surface area contributed by atoms with Crippen molar-refractivity contribution >= 4 is 29.3 Å². The Morgan fingerprint density at radius 3 is 2.74 bits per heavy atom. The van der Waals surface area contributed by atoms with Gasteiger partial charge in [-0.3, -0.25) is 14.6 Å². The molecule has 2 aromatic rings. The molecule has 0 aliphatic carbocycles. The lowest BCUT2D eigenvalue weighted by Crippen LogP contribution is -2.50. The van der Waals surface area contributed by atoms with Gasteiger partial charge in [0.25, 0.3) is 11.8 Å². The summed E-state index contributed by atoms with van der Waals surface area (Å²) in [4.78, 5) is 42.5. The Kier molecular flexibility index (Phi) is 6.02. The van der Waals surface area contributed by atoms with Crippen LogP contribution in [0.15, 0.2) is 71.0 Å². The number of fused-ring (bicyclic) bond motifs is 1. The number of carbonyl (C=O) groups is 2. The lowest BCUT2D eigenvalue weighted by atomic mass is 9.97. The van der Waals surface area contributed by atoms with Crippen molar-refractivity contribution in [2.75, 3.05) is 11.9 Å². The number of carbonyl (C=O) groups excluding carboxylic acids is 2. The molecule has 0 spiro atoms. The summed E-state index contributed by atoms with van der Waals surface area (Å²) >= 11 is 0. The van der Waals surface area contributed by atoms with E-state index < -0.39 is 0 Å². The van der Waals surface area contributed by atoms with Gasteiger partial charge in [-0.15, -0.1) is 0 Å². The van der Waals surface area contributed by atoms with Gasteiger partial charge in [-0.25, -0.2) is 9.98 Å². The highest BCUT2D eigenvalue weighted by Gasteiger charge is 2.45. The predicted molar refractivity (Wildman–Crippen MR) is 133 cm³/mol. The molecule has 0 saturated carbocycles. The third-order valence-corrected chi connectivity index (χ3v) is 6.35. The second-order valence-electron chi connectivity index (χ2n) is 8.46. The summed E-state index contributed by atoms with van der Waals surface area (Å²) in [5, 5.41) is 2.79. The van der Waals surface area contributed by atoms with E-state index in [-0.39, 0.29) is 29.9 Å². The molecule has 1 saturated heterocycles. The van der Waals surface area contributed by atoms with Gasteiger partial charge in [0.2, 0.25) is 0 Å². The Bertz CT molecular complexity index is 1290. The average molecular weight is 468 g/mol. The van der Waals surface area contributed by atoms with E-state index in [9.17, 15) is 9.59 Å². The van der Waals surface area contributed by atoms with Gasteiger partial charge in [-0.1, -0.05) is 24.1 Å². The van der Waals surface area contributed by atoms with Gasteiger partial charge in [0.05, 0.1) is 6.04 Å². The van der Waals surface area contributed by atoms with Crippen LogP contribution < -0.4 is 11.1 Å². The smallest absolute Gasteiger partial charge is 0.299 e. The lowest BCUT2D eigenvalue weighted by molar-refractivity contribution is -0.124. The standard InChI is InChI=1S/C26H25N7O2/c1-2-6-21(34)32-15-5-7-19(32)25-31-22(23-24(27)29-14-16-33(23)25)17-9-11-18(12-10-17)26(35)30-20-8-3-4-13-28-20/h3-4,8-14,16,19,22-23H,5,7,15H2,1H3,(H2,27,29)(H,28,30,35)/t19-,22?,23?/m0/s1. The molecule has 9 nitrogen and oxygen atoms in total. The number of aliphatic imine (C=N–C) groups is 2. The summed E-state index contributed by atoms with van der Waals surface area (Å²) < 4.78 is 0. The molecule has 3 aliphatic rings. The van der Waals surface area contributed by atoms with Crippen LogP contribution in [-0.2, 0) is 4.79 Å². The van der Waals surface area contributed by atoms with Crippen LogP contribution in [0.25, 0.3) is 0 Å². The largest absolute Gasteiger partial charge is 0.385 e. The zero-order valence-corrected chi connectivity index (χ0v) is 19.3. The number of benzene rings is 1. The molecule has 0 bridgehead atoms. The number of pyridine rings is 1. The summed E-state index contributed by atoms with van der Waals surface area (Å²) in [5.74, 6) is 6.65. The van der Waals surface area contributed by atoms with E-state index in [1.54, 1.807) is 48.5 Å². The van der Waals surface area contributed by atoms with E-state index in [2.05, 4.69) is 27.1 Å². The molecule has 3 N–H and O–H groups in total. The normalized spacial score (nSPS) is 22.6. The number of nitrogens with zero attached hydrogens (tertiary/aromatic N) is 5. The quantitative estimate of drug-likeness (QED) is 0.670. The summed E-state index contributed by atoms with van der Waals surface area (Å²) in [6.07, 6.45) is 6.84. The molecule has 2 unspecified atom stereocenters. The van der Waals surface area contributed by atoms with Crippen LogP contribution in [0.3, 0.4) is 0 Å². The van der Waals surface area contributed by atoms with Crippen molar-refractivity contribution in [1.82, 2.24) is 14.8 Å². The zero-order valence-electron chi connectivity index (χ0n) is 19.3. The lowest BCUT2D eigenvalue weighted by Gasteiger charge is -2.32. The number of nitrogens with two attached hydrogens (primary N) is 1. The number of hydrogen-bond donors (Lipinski definition) is 2. The maximum absolute atomic E-state index is 12.6. The van der Waals surface area contributed by atoms with Crippen LogP contribution in [0.5, 0.6) is 0 Å². The fraction of sp³-hybridized carbons (Fsp3) is 0.269. The highest BCUT2D eigenvalue weighted by Crippen LogP contribution is 2.37. The van der Waals surface area contributed by atoms with Crippen LogP contribution >= 0.6 is 0 Å². The fourth-order valence-corrected chi connectivity index (χ4v) is 4.74. The van der Waals surface area contributed by atoms with Crippen molar-refractivity contribution in [3.8, 4) is 11.8 Å². The van der Waals surface area contributed by atoms with Gasteiger partial charge in [0.15, 0.2) is 0 Å². The van der Waals surface area contributed by atoms with Crippen molar-refractivity contribution in [2.24, 2.45) is 15.7 Å². The van der Waals surface area contributed by atoms with Crippen molar-refractivity contribution in [1.29, 1.82) is 0 Å². The van der Waals surface area contributed by atoms with E-state index >= 15 is 0 Å². The van der Waals surface area contributed by atoms with E-state index in [1.807, 2.05) is 29.3 Å². The first-order chi connectivity index (χ1) is 17.1. The number of amides is 2. The van der Waals surface area contributed by atoms with E-state index in [1.165, 1.54) is 0 Å². The average Bonchev–Trinajstić information content (AvgIpc) is 3.51. The maximum Gasteiger partial charge on any atom is 0.299 e. The van der Waals surface area contributed by atoms with Gasteiger partial charge >= 0.3 is 0 Å². The first-order valence-electron chi connectivity index (χ1n) is 11.5. The second-order valence-corrected chi connectivity index (χ2v) is 8.46. The van der Waals surface area contributed by atoms with Gasteiger partial charge in [0, 0.05) is 30.7 Å². The maximum atomic E-state index is 12.6. The third-order valence-electron chi connectivity index (χ3n) is 6.35. The molecule has 3 aliphatic heterocycles. The zero-order chi connectivity index (χ0) is 24.4. The van der Waals surface area contributed by atoms with Crippen molar-refractivity contribution in [3.05, 3.63) is 72.2 Å². The Morgan fingerprint density at radius 1 is 1.17 bits per heavy atom. The van der Waals surface area contributed by atoms with Gasteiger partial charge in [0.1, 0.15) is 29.6 Å². The number of anilines is 1. The summed E-state index contributed by atoms with van der Waals surface area (Å²) in [5.41, 5.74) is 7.74. The summed E-state index contributed by atoms with van der Waals surface area (Å²) in [6, 6.07) is 11.8. The molecule has 0 radical (unpaired) electrons. The molecule has 2 amide bonds. The van der Waals surface area contributed by atoms with Gasteiger partial charge in [-0.2, -0.15) is 0 Å². The Balaban J connectivity index is 1.42. The topological polar surface area (TPSA) is 116 Å². The molecule has 1 aromatic heterocycles. The molecule has 1 aromatic carbocycles. The van der Waals surface area contributed by atoms with Crippen LogP contribution in [0, 0.1) is 11.8 Å². The highest BCUT2D eigenvalue weighted by atomic mass is 16.2. The van der Waals surface area contributed by atoms with Crippen LogP contribution in [-0.4, -0.2) is 56.9 Å². The number of aromatic nitrogens is 1. The minimum Gasteiger partial charge on any atom is -0.385 e. The first-order valence-corrected chi connectivity index (χ1v) is 11.5. The fourth-order valence-electron chi connectivity index (χ4n) is 4.74. The second kappa shape index (κ2) is 9.43. The van der Waals surface area contributed by atoms with Crippen LogP contribution in [0.1, 0.15) is 41.7 Å². The Morgan fingerprint density at radius 2 is 2.00 bits per heavy atom. The molecule has 3 atom stereocenters. The van der Waals surface area contributed by atoms with Crippen molar-refractivity contribution < 1.29 is 9.59 Å². The number of hydrogen-bond acceptors (Lipinski definition) is 7. The van der Waals surface area contributed by atoms with Crippen LogP contribution in [0.4, 0.5) is 5.82 Å². The number of nitrogens with one attached hydrogen (secondary N) is 1. The van der Waals surface area contributed by atoms with E-state index in [0.29, 0.717) is 23.8 Å². The van der Waals surface area contributed by atoms with Crippen molar-refractivity contribution in [2.45, 2.75) is 37.9 Å². The summed E-state index contributed by atoms with van der Waals surface area (Å²) in [6.45, 7) is 2.31. The molecule has 35 heavy (non-hydrogen) atoms. The van der Waals surface area contributed by atoms with E-state index in [4.69, 9.17) is 10.7 Å². The number of likely N-dealkylation sites (tertiary alicyclic amines) is 1. The minimum atomic E-state index is -0.318.